The average molecular weight is 403 g/mol. The van der Waals surface area contributed by atoms with Crippen molar-refractivity contribution in [2.45, 2.75) is 24.7 Å². The van der Waals surface area contributed by atoms with Crippen LogP contribution in [0.25, 0.3) is 0 Å². The van der Waals surface area contributed by atoms with E-state index in [1.165, 1.54) is 4.31 Å². The highest BCUT2D eigenvalue weighted by Gasteiger charge is 2.29. The molecule has 0 saturated carbocycles. The number of aryl methyl sites for hydroxylation is 2. The number of hydrogen-bond acceptors (Lipinski definition) is 4. The van der Waals surface area contributed by atoms with Gasteiger partial charge in [0, 0.05) is 32.6 Å². The van der Waals surface area contributed by atoms with Gasteiger partial charge in [0.2, 0.25) is 15.9 Å². The van der Waals surface area contributed by atoms with E-state index in [9.17, 15) is 13.2 Å². The molecule has 0 N–H and O–H groups in total. The molecule has 0 spiro atoms. The van der Waals surface area contributed by atoms with Crippen LogP contribution in [-0.4, -0.2) is 56.8 Å². The van der Waals surface area contributed by atoms with E-state index >= 15 is 0 Å². The summed E-state index contributed by atoms with van der Waals surface area (Å²) in [5, 5.41) is 0. The summed E-state index contributed by atoms with van der Waals surface area (Å²) >= 11 is 0. The molecule has 1 amide bonds. The fraction of sp³-hybridized carbons (Fsp3) is 0.381. The zero-order valence-corrected chi connectivity index (χ0v) is 17.1. The predicted octanol–water partition coefficient (Wildman–Crippen LogP) is 2.47. The number of amides is 1. The summed E-state index contributed by atoms with van der Waals surface area (Å²) in [4.78, 5) is 14.6. The van der Waals surface area contributed by atoms with E-state index in [1.54, 1.807) is 36.3 Å². The van der Waals surface area contributed by atoms with Crippen molar-refractivity contribution < 1.29 is 17.9 Å². The van der Waals surface area contributed by atoms with Crippen molar-refractivity contribution in [1.82, 2.24) is 9.21 Å². The van der Waals surface area contributed by atoms with Crippen molar-refractivity contribution in [3.05, 3.63) is 59.7 Å². The van der Waals surface area contributed by atoms with Gasteiger partial charge in [0.25, 0.3) is 0 Å². The van der Waals surface area contributed by atoms with Crippen molar-refractivity contribution in [3.8, 4) is 5.75 Å². The topological polar surface area (TPSA) is 66.9 Å². The maximum atomic E-state index is 12.8. The maximum Gasteiger partial charge on any atom is 0.243 e. The minimum Gasteiger partial charge on any atom is -0.496 e. The molecule has 2 aromatic carbocycles. The number of sulfonamides is 1. The molecule has 1 fully saturated rings. The lowest BCUT2D eigenvalue weighted by Gasteiger charge is -2.34. The molecule has 0 unspecified atom stereocenters. The zero-order valence-electron chi connectivity index (χ0n) is 16.3. The molecular weight excluding hydrogens is 376 g/mol. The highest BCUT2D eigenvalue weighted by Crippen LogP contribution is 2.21. The van der Waals surface area contributed by atoms with Crippen molar-refractivity contribution in [2.75, 3.05) is 33.3 Å². The van der Waals surface area contributed by atoms with Crippen LogP contribution in [0.3, 0.4) is 0 Å². The van der Waals surface area contributed by atoms with Gasteiger partial charge >= 0.3 is 0 Å². The third-order valence-corrected chi connectivity index (χ3v) is 6.96. The minimum atomic E-state index is -3.51. The minimum absolute atomic E-state index is 0.0401. The van der Waals surface area contributed by atoms with Gasteiger partial charge in [-0.3, -0.25) is 4.79 Å². The van der Waals surface area contributed by atoms with Gasteiger partial charge in [0.05, 0.1) is 12.0 Å². The number of ether oxygens (including phenoxy) is 1. The molecule has 1 saturated heterocycles. The fourth-order valence-electron chi connectivity index (χ4n) is 3.35. The third kappa shape index (κ3) is 4.54. The van der Waals surface area contributed by atoms with Crippen molar-refractivity contribution >= 4 is 15.9 Å². The largest absolute Gasteiger partial charge is 0.496 e. The molecule has 0 radical (unpaired) electrons. The number of methoxy groups -OCH3 is 1. The van der Waals surface area contributed by atoms with Gasteiger partial charge in [-0.15, -0.1) is 0 Å². The summed E-state index contributed by atoms with van der Waals surface area (Å²) in [5.41, 5.74) is 2.02. The number of piperazine rings is 1. The second-order valence-electron chi connectivity index (χ2n) is 6.91. The molecule has 2 aromatic rings. The van der Waals surface area contributed by atoms with Crippen LogP contribution in [0, 0.1) is 6.92 Å². The summed E-state index contributed by atoms with van der Waals surface area (Å²) < 4.78 is 32.3. The Labute approximate surface area is 166 Å². The molecule has 0 aromatic heterocycles. The Kier molecular flexibility index (Phi) is 6.36. The molecule has 150 valence electrons. The maximum absolute atomic E-state index is 12.8. The quantitative estimate of drug-likeness (QED) is 0.745. The van der Waals surface area contributed by atoms with E-state index < -0.39 is 10.0 Å². The number of nitrogens with zero attached hydrogens (tertiary/aromatic N) is 2. The van der Waals surface area contributed by atoms with Crippen LogP contribution in [0.4, 0.5) is 0 Å². The normalized spacial score (nSPS) is 15.4. The molecule has 1 aliphatic rings. The van der Waals surface area contributed by atoms with Gasteiger partial charge in [0.15, 0.2) is 0 Å². The Hall–Kier alpha value is -2.38. The number of hydrogen-bond donors (Lipinski definition) is 0. The fourth-order valence-corrected chi connectivity index (χ4v) is 4.77. The first-order valence-electron chi connectivity index (χ1n) is 9.38. The van der Waals surface area contributed by atoms with Crippen molar-refractivity contribution in [1.29, 1.82) is 0 Å². The van der Waals surface area contributed by atoms with Crippen LogP contribution in [0.5, 0.6) is 5.75 Å². The Morgan fingerprint density at radius 1 is 1.00 bits per heavy atom. The van der Waals surface area contributed by atoms with E-state index in [-0.39, 0.29) is 5.91 Å². The summed E-state index contributed by atoms with van der Waals surface area (Å²) in [5.74, 6) is 0.822. The van der Waals surface area contributed by atoms with Crippen LogP contribution in [0.2, 0.25) is 0 Å². The van der Waals surface area contributed by atoms with E-state index in [2.05, 4.69) is 0 Å². The van der Waals surface area contributed by atoms with Crippen LogP contribution in [-0.2, 0) is 21.2 Å². The molecule has 1 aliphatic heterocycles. The number of rotatable bonds is 6. The zero-order chi connectivity index (χ0) is 20.1. The smallest absolute Gasteiger partial charge is 0.243 e. The van der Waals surface area contributed by atoms with Crippen LogP contribution >= 0.6 is 0 Å². The van der Waals surface area contributed by atoms with Crippen molar-refractivity contribution in [3.63, 3.8) is 0 Å². The lowest BCUT2D eigenvalue weighted by molar-refractivity contribution is -0.132. The second-order valence-corrected chi connectivity index (χ2v) is 8.85. The van der Waals surface area contributed by atoms with Gasteiger partial charge in [0.1, 0.15) is 5.75 Å². The molecule has 0 atom stereocenters. The summed E-state index contributed by atoms with van der Waals surface area (Å²) in [6, 6.07) is 14.5. The standard InChI is InChI=1S/C21H26N2O4S/c1-17-7-10-19(11-8-17)28(25,26)23-15-13-22(14-16-23)21(24)12-9-18-5-3-4-6-20(18)27-2/h3-8,10-11H,9,12-16H2,1-2H3. The summed E-state index contributed by atoms with van der Waals surface area (Å²) in [6.45, 7) is 3.38. The highest BCUT2D eigenvalue weighted by molar-refractivity contribution is 7.89. The second kappa shape index (κ2) is 8.75. The van der Waals surface area contributed by atoms with Crippen molar-refractivity contribution in [2.24, 2.45) is 0 Å². The number of para-hydroxylation sites is 1. The van der Waals surface area contributed by atoms with Crippen LogP contribution in [0.1, 0.15) is 17.5 Å². The first-order valence-corrected chi connectivity index (χ1v) is 10.8. The molecule has 0 bridgehead atoms. The first-order chi connectivity index (χ1) is 13.4. The first kappa shape index (κ1) is 20.4. The van der Waals surface area contributed by atoms with E-state index in [1.807, 2.05) is 31.2 Å². The van der Waals surface area contributed by atoms with Gasteiger partial charge < -0.3 is 9.64 Å². The van der Waals surface area contributed by atoms with Crippen LogP contribution in [0.15, 0.2) is 53.4 Å². The number of carbonyl (C=O) groups excluding carboxylic acids is 1. The molecule has 28 heavy (non-hydrogen) atoms. The Morgan fingerprint density at radius 2 is 1.64 bits per heavy atom. The Balaban J connectivity index is 1.56. The Bertz CT molecular complexity index is 918. The summed E-state index contributed by atoms with van der Waals surface area (Å²) in [6.07, 6.45) is 0.982. The number of carbonyl (C=O) groups is 1. The van der Waals surface area contributed by atoms with E-state index in [4.69, 9.17) is 4.74 Å². The molecule has 1 heterocycles. The molecule has 0 aliphatic carbocycles. The SMILES string of the molecule is COc1ccccc1CCC(=O)N1CCN(S(=O)(=O)c2ccc(C)cc2)CC1. The lowest BCUT2D eigenvalue weighted by atomic mass is 10.1. The molecule has 6 nitrogen and oxygen atoms in total. The molecule has 3 rings (SSSR count). The number of benzene rings is 2. The average Bonchev–Trinajstić information content (AvgIpc) is 2.72. The third-order valence-electron chi connectivity index (χ3n) is 5.05. The Morgan fingerprint density at radius 3 is 2.29 bits per heavy atom. The van der Waals surface area contributed by atoms with E-state index in [0.29, 0.717) is 43.9 Å². The van der Waals surface area contributed by atoms with E-state index in [0.717, 1.165) is 16.9 Å². The monoisotopic (exact) mass is 402 g/mol. The van der Waals surface area contributed by atoms with Gasteiger partial charge in [-0.25, -0.2) is 8.42 Å². The highest BCUT2D eigenvalue weighted by atomic mass is 32.2. The predicted molar refractivity (Wildman–Crippen MR) is 108 cm³/mol. The van der Waals surface area contributed by atoms with Gasteiger partial charge in [-0.2, -0.15) is 4.31 Å². The van der Waals surface area contributed by atoms with Gasteiger partial charge in [-0.05, 0) is 37.1 Å². The van der Waals surface area contributed by atoms with Gasteiger partial charge in [-0.1, -0.05) is 35.9 Å². The molecule has 7 heteroatoms. The molecular formula is C21H26N2O4S. The van der Waals surface area contributed by atoms with Crippen LogP contribution < -0.4 is 4.74 Å². The summed E-state index contributed by atoms with van der Waals surface area (Å²) in [7, 11) is -1.89. The lowest BCUT2D eigenvalue weighted by Crippen LogP contribution is -2.50.